The number of nitrogens with zero attached hydrogens (tertiary/aromatic N) is 1. The van der Waals surface area contributed by atoms with Gasteiger partial charge in [0.1, 0.15) is 0 Å². The zero-order chi connectivity index (χ0) is 12.3. The highest BCUT2D eigenvalue weighted by atomic mass is 35.5. The Morgan fingerprint density at radius 1 is 1.59 bits per heavy atom. The van der Waals surface area contributed by atoms with Crippen LogP contribution in [0, 0.1) is 5.92 Å². The quantitative estimate of drug-likeness (QED) is 0.856. The first-order valence-electron chi connectivity index (χ1n) is 5.81. The van der Waals surface area contributed by atoms with Gasteiger partial charge in [0, 0.05) is 13.2 Å². The SMILES string of the molecule is O=C(CN1CCCC(CO)C1)c1ccc(Cl)s1. The summed E-state index contributed by atoms with van der Waals surface area (Å²) in [4.78, 5) is 14.8. The Hall–Kier alpha value is -0.420. The zero-order valence-electron chi connectivity index (χ0n) is 9.56. The maximum absolute atomic E-state index is 12.0. The molecule has 3 nitrogen and oxygen atoms in total. The molecule has 1 aromatic heterocycles. The standard InChI is InChI=1S/C12H16ClNO2S/c13-12-4-3-11(17-12)10(16)7-14-5-1-2-9(6-14)8-15/h3-4,9,15H,1-2,5-8H2. The van der Waals surface area contributed by atoms with Crippen molar-refractivity contribution in [3.05, 3.63) is 21.3 Å². The van der Waals surface area contributed by atoms with E-state index in [-0.39, 0.29) is 12.4 Å². The first-order valence-corrected chi connectivity index (χ1v) is 7.00. The van der Waals surface area contributed by atoms with Crippen molar-refractivity contribution >= 4 is 28.7 Å². The minimum atomic E-state index is 0.125. The maximum atomic E-state index is 12.0. The van der Waals surface area contributed by atoms with Crippen molar-refractivity contribution in [3.8, 4) is 0 Å². The van der Waals surface area contributed by atoms with Gasteiger partial charge in [-0.2, -0.15) is 0 Å². The number of aliphatic hydroxyl groups is 1. The molecular weight excluding hydrogens is 258 g/mol. The molecule has 1 aliphatic heterocycles. The van der Waals surface area contributed by atoms with Gasteiger partial charge in [0.25, 0.3) is 0 Å². The number of rotatable bonds is 4. The summed E-state index contributed by atoms with van der Waals surface area (Å²) >= 11 is 7.14. The van der Waals surface area contributed by atoms with E-state index >= 15 is 0 Å². The molecule has 5 heteroatoms. The number of aliphatic hydroxyl groups excluding tert-OH is 1. The molecule has 1 fully saturated rings. The molecule has 94 valence electrons. The Morgan fingerprint density at radius 3 is 3.06 bits per heavy atom. The summed E-state index contributed by atoms with van der Waals surface area (Å²) in [5, 5.41) is 9.14. The lowest BCUT2D eigenvalue weighted by Crippen LogP contribution is -2.39. The maximum Gasteiger partial charge on any atom is 0.186 e. The number of hydrogen-bond donors (Lipinski definition) is 1. The van der Waals surface area contributed by atoms with Gasteiger partial charge >= 0.3 is 0 Å². The van der Waals surface area contributed by atoms with E-state index in [0.29, 0.717) is 16.8 Å². The van der Waals surface area contributed by atoms with Gasteiger partial charge in [-0.25, -0.2) is 0 Å². The number of thiophene rings is 1. The third kappa shape index (κ3) is 3.52. The van der Waals surface area contributed by atoms with E-state index in [1.165, 1.54) is 11.3 Å². The fourth-order valence-electron chi connectivity index (χ4n) is 2.19. The number of carbonyl (C=O) groups is 1. The highest BCUT2D eigenvalue weighted by molar-refractivity contribution is 7.18. The van der Waals surface area contributed by atoms with Gasteiger partial charge in [0.15, 0.2) is 5.78 Å². The lowest BCUT2D eigenvalue weighted by Gasteiger charge is -2.30. The summed E-state index contributed by atoms with van der Waals surface area (Å²) in [6.45, 7) is 2.42. The third-order valence-electron chi connectivity index (χ3n) is 3.08. The topological polar surface area (TPSA) is 40.5 Å². The van der Waals surface area contributed by atoms with Crippen LogP contribution in [-0.4, -0.2) is 42.0 Å². The second-order valence-corrected chi connectivity index (χ2v) is 6.17. The molecule has 2 rings (SSSR count). The van der Waals surface area contributed by atoms with E-state index in [9.17, 15) is 4.79 Å². The number of carbonyl (C=O) groups excluding carboxylic acids is 1. The molecule has 2 heterocycles. The van der Waals surface area contributed by atoms with Crippen LogP contribution in [0.15, 0.2) is 12.1 Å². The van der Waals surface area contributed by atoms with Crippen molar-refractivity contribution in [2.45, 2.75) is 12.8 Å². The molecule has 1 unspecified atom stereocenters. The van der Waals surface area contributed by atoms with E-state index in [4.69, 9.17) is 16.7 Å². The average molecular weight is 274 g/mol. The molecule has 1 aliphatic rings. The van der Waals surface area contributed by atoms with Crippen molar-refractivity contribution in [1.82, 2.24) is 4.90 Å². The number of ketones is 1. The predicted octanol–water partition coefficient (Wildman–Crippen LogP) is 2.29. The molecule has 0 aromatic carbocycles. The second-order valence-electron chi connectivity index (χ2n) is 4.45. The zero-order valence-corrected chi connectivity index (χ0v) is 11.1. The van der Waals surface area contributed by atoms with Crippen LogP contribution < -0.4 is 0 Å². The average Bonchev–Trinajstić information content (AvgIpc) is 2.76. The Morgan fingerprint density at radius 2 is 2.41 bits per heavy atom. The lowest BCUT2D eigenvalue weighted by molar-refractivity contribution is 0.0837. The number of piperidine rings is 1. The van der Waals surface area contributed by atoms with Crippen LogP contribution in [0.5, 0.6) is 0 Å². The van der Waals surface area contributed by atoms with Crippen LogP contribution in [-0.2, 0) is 0 Å². The Balaban J connectivity index is 1.90. The monoisotopic (exact) mass is 273 g/mol. The molecular formula is C12H16ClNO2S. The van der Waals surface area contributed by atoms with Crippen molar-refractivity contribution in [1.29, 1.82) is 0 Å². The van der Waals surface area contributed by atoms with E-state index < -0.39 is 0 Å². The first kappa shape index (κ1) is 13.0. The Kier molecular flexibility index (Phi) is 4.56. The van der Waals surface area contributed by atoms with Gasteiger partial charge in [0.05, 0.1) is 15.8 Å². The van der Waals surface area contributed by atoms with Gasteiger partial charge in [-0.3, -0.25) is 9.69 Å². The minimum Gasteiger partial charge on any atom is -0.396 e. The predicted molar refractivity (Wildman–Crippen MR) is 69.9 cm³/mol. The Labute approximate surface area is 110 Å². The number of halogens is 1. The highest BCUT2D eigenvalue weighted by Gasteiger charge is 2.21. The van der Waals surface area contributed by atoms with E-state index in [0.717, 1.165) is 30.8 Å². The number of likely N-dealkylation sites (tertiary alicyclic amines) is 1. The fraction of sp³-hybridized carbons (Fsp3) is 0.583. The largest absolute Gasteiger partial charge is 0.396 e. The molecule has 17 heavy (non-hydrogen) atoms. The van der Waals surface area contributed by atoms with Crippen LogP contribution in [0.1, 0.15) is 22.5 Å². The van der Waals surface area contributed by atoms with E-state index in [2.05, 4.69) is 4.90 Å². The summed E-state index contributed by atoms with van der Waals surface area (Å²) in [5.41, 5.74) is 0. The molecule has 0 aliphatic carbocycles. The molecule has 1 atom stereocenters. The summed E-state index contributed by atoms with van der Waals surface area (Å²) in [6, 6.07) is 3.54. The van der Waals surface area contributed by atoms with Gasteiger partial charge in [-0.05, 0) is 37.4 Å². The fourth-order valence-corrected chi connectivity index (χ4v) is 3.16. The number of hydrogen-bond acceptors (Lipinski definition) is 4. The Bertz CT molecular complexity index is 394. The first-order chi connectivity index (χ1) is 8.19. The number of Topliss-reactive ketones (excluding diaryl/α,β-unsaturated/α-hetero) is 1. The normalized spacial score (nSPS) is 21.6. The minimum absolute atomic E-state index is 0.125. The highest BCUT2D eigenvalue weighted by Crippen LogP contribution is 2.23. The molecule has 0 spiro atoms. The molecule has 0 radical (unpaired) electrons. The van der Waals surface area contributed by atoms with Crippen LogP contribution in [0.2, 0.25) is 4.34 Å². The van der Waals surface area contributed by atoms with Crippen molar-refractivity contribution in [2.24, 2.45) is 5.92 Å². The molecule has 1 aromatic rings. The van der Waals surface area contributed by atoms with Gasteiger partial charge in [-0.1, -0.05) is 11.6 Å². The van der Waals surface area contributed by atoms with Gasteiger partial charge in [-0.15, -0.1) is 11.3 Å². The molecule has 0 bridgehead atoms. The molecule has 1 saturated heterocycles. The van der Waals surface area contributed by atoms with E-state index in [1.54, 1.807) is 12.1 Å². The third-order valence-corrected chi connectivity index (χ3v) is 4.35. The van der Waals surface area contributed by atoms with E-state index in [1.807, 2.05) is 0 Å². The van der Waals surface area contributed by atoms with Gasteiger partial charge in [0.2, 0.25) is 0 Å². The molecule has 0 amide bonds. The van der Waals surface area contributed by atoms with Crippen molar-refractivity contribution in [3.63, 3.8) is 0 Å². The smallest absolute Gasteiger partial charge is 0.186 e. The lowest BCUT2D eigenvalue weighted by atomic mass is 9.99. The van der Waals surface area contributed by atoms with Crippen molar-refractivity contribution in [2.75, 3.05) is 26.2 Å². The van der Waals surface area contributed by atoms with Crippen LogP contribution in [0.25, 0.3) is 0 Å². The summed E-state index contributed by atoms with van der Waals surface area (Å²) in [5.74, 6) is 0.448. The summed E-state index contributed by atoms with van der Waals surface area (Å²) in [7, 11) is 0. The molecule has 1 N–H and O–H groups in total. The van der Waals surface area contributed by atoms with Crippen LogP contribution in [0.4, 0.5) is 0 Å². The van der Waals surface area contributed by atoms with Crippen LogP contribution >= 0.6 is 22.9 Å². The van der Waals surface area contributed by atoms with Crippen molar-refractivity contribution < 1.29 is 9.90 Å². The van der Waals surface area contributed by atoms with Crippen LogP contribution in [0.3, 0.4) is 0 Å². The second kappa shape index (κ2) is 5.96. The summed E-state index contributed by atoms with van der Waals surface area (Å²) in [6.07, 6.45) is 2.12. The van der Waals surface area contributed by atoms with Gasteiger partial charge < -0.3 is 5.11 Å². The molecule has 0 saturated carbocycles. The summed E-state index contributed by atoms with van der Waals surface area (Å²) < 4.78 is 0.653.